The summed E-state index contributed by atoms with van der Waals surface area (Å²) >= 11 is 1.45. The molecule has 24 heavy (non-hydrogen) atoms. The summed E-state index contributed by atoms with van der Waals surface area (Å²) in [6.45, 7) is 1.79. The van der Waals surface area contributed by atoms with Gasteiger partial charge in [0, 0.05) is 17.3 Å². The van der Waals surface area contributed by atoms with Crippen molar-refractivity contribution < 1.29 is 9.90 Å². The lowest BCUT2D eigenvalue weighted by Crippen LogP contribution is -2.40. The Bertz CT molecular complexity index is 798. The highest BCUT2D eigenvalue weighted by atomic mass is 32.1. The highest BCUT2D eigenvalue weighted by Crippen LogP contribution is 2.24. The van der Waals surface area contributed by atoms with E-state index < -0.39 is 5.60 Å². The van der Waals surface area contributed by atoms with Gasteiger partial charge in [-0.25, -0.2) is 9.48 Å². The van der Waals surface area contributed by atoms with E-state index >= 15 is 0 Å². The lowest BCUT2D eigenvalue weighted by Gasteiger charge is -2.22. The third-order valence-corrected chi connectivity index (χ3v) is 4.67. The molecule has 0 spiro atoms. The van der Waals surface area contributed by atoms with Gasteiger partial charge in [0.1, 0.15) is 5.60 Å². The number of rotatable bonds is 5. The number of hydrogen-bond donors (Lipinski definition) is 3. The van der Waals surface area contributed by atoms with Gasteiger partial charge in [-0.1, -0.05) is 18.2 Å². The summed E-state index contributed by atoms with van der Waals surface area (Å²) in [6, 6.07) is 12.5. The van der Waals surface area contributed by atoms with Crippen molar-refractivity contribution in [2.24, 2.45) is 0 Å². The molecule has 0 aliphatic heterocycles. The molecule has 124 valence electrons. The number of carbonyl (C=O) groups excluding carboxylic acids is 1. The number of thiophene rings is 1. The number of nitrogens with zero attached hydrogens (tertiary/aromatic N) is 2. The Hall–Kier alpha value is -2.64. The smallest absolute Gasteiger partial charge is 0.319 e. The predicted octanol–water partition coefficient (Wildman–Crippen LogP) is 2.96. The minimum atomic E-state index is -1.10. The summed E-state index contributed by atoms with van der Waals surface area (Å²) in [5.74, 6) is 0. The van der Waals surface area contributed by atoms with Crippen LogP contribution >= 0.6 is 11.3 Å². The van der Waals surface area contributed by atoms with E-state index in [2.05, 4.69) is 15.7 Å². The van der Waals surface area contributed by atoms with Gasteiger partial charge in [0.25, 0.3) is 0 Å². The Labute approximate surface area is 143 Å². The van der Waals surface area contributed by atoms with Crippen LogP contribution in [-0.4, -0.2) is 27.5 Å². The molecule has 2 aromatic heterocycles. The second-order valence-electron chi connectivity index (χ2n) is 5.53. The van der Waals surface area contributed by atoms with E-state index in [1.54, 1.807) is 30.1 Å². The van der Waals surface area contributed by atoms with Gasteiger partial charge in [0.2, 0.25) is 0 Å². The SMILES string of the molecule is CC(O)(CNC(=O)Nc1ccccc1-n1cccn1)c1cccs1. The Balaban J connectivity index is 1.66. The molecule has 0 radical (unpaired) electrons. The molecule has 0 aliphatic carbocycles. The summed E-state index contributed by atoms with van der Waals surface area (Å²) in [7, 11) is 0. The molecule has 0 bridgehead atoms. The van der Waals surface area contributed by atoms with E-state index in [0.717, 1.165) is 10.6 Å². The summed E-state index contributed by atoms with van der Waals surface area (Å²) in [5.41, 5.74) is 0.296. The molecular formula is C17H18N4O2S. The normalized spacial score (nSPS) is 13.2. The number of nitrogens with one attached hydrogen (secondary N) is 2. The van der Waals surface area contributed by atoms with Crippen molar-refractivity contribution in [2.75, 3.05) is 11.9 Å². The second kappa shape index (κ2) is 6.86. The van der Waals surface area contributed by atoms with Crippen LogP contribution in [-0.2, 0) is 5.60 Å². The van der Waals surface area contributed by atoms with Crippen LogP contribution < -0.4 is 10.6 Å². The van der Waals surface area contributed by atoms with Gasteiger partial charge in [-0.2, -0.15) is 5.10 Å². The largest absolute Gasteiger partial charge is 0.383 e. The third kappa shape index (κ3) is 3.64. The first-order chi connectivity index (χ1) is 11.6. The maximum absolute atomic E-state index is 12.2. The molecule has 6 nitrogen and oxygen atoms in total. The number of hydrogen-bond acceptors (Lipinski definition) is 4. The molecule has 3 aromatic rings. The number of carbonyl (C=O) groups is 1. The van der Waals surface area contributed by atoms with Crippen molar-refractivity contribution in [3.8, 4) is 5.69 Å². The number of urea groups is 1. The van der Waals surface area contributed by atoms with Crippen molar-refractivity contribution in [2.45, 2.75) is 12.5 Å². The van der Waals surface area contributed by atoms with Crippen molar-refractivity contribution >= 4 is 23.1 Å². The van der Waals surface area contributed by atoms with Crippen LogP contribution in [0.5, 0.6) is 0 Å². The summed E-state index contributed by atoms with van der Waals surface area (Å²) in [4.78, 5) is 13.0. The Morgan fingerprint density at radius 3 is 2.83 bits per heavy atom. The van der Waals surface area contributed by atoms with Gasteiger partial charge in [0.05, 0.1) is 17.9 Å². The molecule has 2 heterocycles. The predicted molar refractivity (Wildman–Crippen MR) is 94.5 cm³/mol. The van der Waals surface area contributed by atoms with Gasteiger partial charge in [-0.05, 0) is 36.6 Å². The van der Waals surface area contributed by atoms with Gasteiger partial charge >= 0.3 is 6.03 Å². The molecule has 0 fully saturated rings. The standard InChI is InChI=1S/C17H18N4O2S/c1-17(23,15-8-4-11-24-15)12-18-16(22)20-13-6-2-3-7-14(13)21-10-5-9-19-21/h2-11,23H,12H2,1H3,(H2,18,20,22). The summed E-state index contributed by atoms with van der Waals surface area (Å²) in [6.07, 6.45) is 3.48. The van der Waals surface area contributed by atoms with Crippen molar-refractivity contribution in [1.82, 2.24) is 15.1 Å². The monoisotopic (exact) mass is 342 g/mol. The number of anilines is 1. The lowest BCUT2D eigenvalue weighted by atomic mass is 10.1. The van der Waals surface area contributed by atoms with E-state index in [1.807, 2.05) is 41.8 Å². The van der Waals surface area contributed by atoms with Crippen molar-refractivity contribution in [1.29, 1.82) is 0 Å². The van der Waals surface area contributed by atoms with Crippen LogP contribution in [0, 0.1) is 0 Å². The average molecular weight is 342 g/mol. The highest BCUT2D eigenvalue weighted by Gasteiger charge is 2.24. The number of benzene rings is 1. The second-order valence-corrected chi connectivity index (χ2v) is 6.47. The first-order valence-electron chi connectivity index (χ1n) is 7.46. The molecule has 3 rings (SSSR count). The van der Waals surface area contributed by atoms with Crippen LogP contribution in [0.1, 0.15) is 11.8 Å². The van der Waals surface area contributed by atoms with Crippen molar-refractivity contribution in [3.05, 3.63) is 65.1 Å². The minimum Gasteiger partial charge on any atom is -0.383 e. The van der Waals surface area contributed by atoms with Gasteiger partial charge in [0.15, 0.2) is 0 Å². The summed E-state index contributed by atoms with van der Waals surface area (Å²) in [5, 5.41) is 22.0. The summed E-state index contributed by atoms with van der Waals surface area (Å²) < 4.78 is 1.68. The van der Waals surface area contributed by atoms with Crippen molar-refractivity contribution in [3.63, 3.8) is 0 Å². The fourth-order valence-corrected chi connectivity index (χ4v) is 3.07. The maximum Gasteiger partial charge on any atom is 0.319 e. The Morgan fingerprint density at radius 1 is 1.29 bits per heavy atom. The topological polar surface area (TPSA) is 79.2 Å². The molecule has 1 unspecified atom stereocenters. The van der Waals surface area contributed by atoms with E-state index in [1.165, 1.54) is 11.3 Å². The lowest BCUT2D eigenvalue weighted by molar-refractivity contribution is 0.0637. The molecular weight excluding hydrogens is 324 g/mol. The number of amides is 2. The first kappa shape index (κ1) is 16.2. The quantitative estimate of drug-likeness (QED) is 0.667. The van der Waals surface area contributed by atoms with E-state index in [9.17, 15) is 9.90 Å². The molecule has 0 saturated heterocycles. The van der Waals surface area contributed by atoms with Crippen LogP contribution in [0.2, 0.25) is 0 Å². The molecule has 0 saturated carbocycles. The molecule has 1 aromatic carbocycles. The zero-order valence-corrected chi connectivity index (χ0v) is 14.0. The number of aromatic nitrogens is 2. The van der Waals surface area contributed by atoms with Crippen LogP contribution in [0.3, 0.4) is 0 Å². The average Bonchev–Trinajstić information content (AvgIpc) is 3.27. The molecule has 2 amide bonds. The van der Waals surface area contributed by atoms with E-state index in [4.69, 9.17) is 0 Å². The molecule has 3 N–H and O–H groups in total. The van der Waals surface area contributed by atoms with Gasteiger partial charge < -0.3 is 15.7 Å². The molecule has 7 heteroatoms. The van der Waals surface area contributed by atoms with Gasteiger partial charge in [-0.15, -0.1) is 11.3 Å². The van der Waals surface area contributed by atoms with E-state index in [-0.39, 0.29) is 12.6 Å². The van der Waals surface area contributed by atoms with E-state index in [0.29, 0.717) is 5.69 Å². The van der Waals surface area contributed by atoms with Crippen LogP contribution in [0.15, 0.2) is 60.2 Å². The maximum atomic E-state index is 12.2. The van der Waals surface area contributed by atoms with Crippen LogP contribution in [0.25, 0.3) is 5.69 Å². The van der Waals surface area contributed by atoms with Gasteiger partial charge in [-0.3, -0.25) is 0 Å². The molecule has 1 atom stereocenters. The highest BCUT2D eigenvalue weighted by molar-refractivity contribution is 7.10. The Kier molecular flexibility index (Phi) is 4.64. The fraction of sp³-hybridized carbons (Fsp3) is 0.176. The third-order valence-electron chi connectivity index (χ3n) is 3.55. The van der Waals surface area contributed by atoms with Crippen LogP contribution in [0.4, 0.5) is 10.5 Å². The fourth-order valence-electron chi connectivity index (χ4n) is 2.28. The molecule has 0 aliphatic rings. The number of aliphatic hydroxyl groups is 1. The minimum absolute atomic E-state index is 0.114. The zero-order chi connectivity index (χ0) is 17.0. The Morgan fingerprint density at radius 2 is 2.12 bits per heavy atom. The number of para-hydroxylation sites is 2. The first-order valence-corrected chi connectivity index (χ1v) is 8.34. The zero-order valence-electron chi connectivity index (χ0n) is 13.1.